The molecule has 0 fully saturated rings. The number of nitrogens with two attached hydrogens (primary N) is 1. The molecule has 102 valence electrons. The highest BCUT2D eigenvalue weighted by Gasteiger charge is 2.19. The van der Waals surface area contributed by atoms with Crippen molar-refractivity contribution in [3.8, 4) is 11.8 Å². The van der Waals surface area contributed by atoms with Gasteiger partial charge in [0.05, 0.1) is 27.6 Å². The standard InChI is InChI=1S/C11H11Cl2N3O3/c1-11(15,6-14)2-3-19-10-8(12)4-7(16(17)18)5-9(10)13/h4-5H,2-3,15H2,1H3. The Morgan fingerprint density at radius 1 is 1.53 bits per heavy atom. The molecule has 0 heterocycles. The van der Waals surface area contributed by atoms with Gasteiger partial charge in [0.2, 0.25) is 0 Å². The average molecular weight is 304 g/mol. The molecule has 0 aliphatic carbocycles. The molecule has 0 aromatic heterocycles. The van der Waals surface area contributed by atoms with E-state index in [0.29, 0.717) is 0 Å². The molecule has 0 aliphatic rings. The lowest BCUT2D eigenvalue weighted by atomic mass is 10.0. The number of benzene rings is 1. The largest absolute Gasteiger partial charge is 0.490 e. The zero-order chi connectivity index (χ0) is 14.6. The van der Waals surface area contributed by atoms with Crippen molar-refractivity contribution in [2.24, 2.45) is 5.73 Å². The second-order valence-electron chi connectivity index (χ2n) is 4.12. The number of non-ortho nitro benzene ring substituents is 1. The Labute approximate surface area is 119 Å². The summed E-state index contributed by atoms with van der Waals surface area (Å²) in [5, 5.41) is 19.4. The van der Waals surface area contributed by atoms with Gasteiger partial charge in [-0.2, -0.15) is 5.26 Å². The fourth-order valence-corrected chi connectivity index (χ4v) is 1.80. The first-order valence-corrected chi connectivity index (χ1v) is 5.99. The lowest BCUT2D eigenvalue weighted by molar-refractivity contribution is -0.384. The minimum absolute atomic E-state index is 0.0369. The first-order chi connectivity index (χ1) is 8.76. The van der Waals surface area contributed by atoms with Gasteiger partial charge in [-0.3, -0.25) is 10.1 Å². The lowest BCUT2D eigenvalue weighted by Gasteiger charge is -2.16. The quantitative estimate of drug-likeness (QED) is 0.665. The van der Waals surface area contributed by atoms with Crippen molar-refractivity contribution in [3.63, 3.8) is 0 Å². The van der Waals surface area contributed by atoms with E-state index in [1.807, 2.05) is 6.07 Å². The molecular formula is C11H11Cl2N3O3. The molecule has 2 N–H and O–H groups in total. The van der Waals surface area contributed by atoms with Crippen molar-refractivity contribution in [2.45, 2.75) is 18.9 Å². The van der Waals surface area contributed by atoms with Crippen LogP contribution in [-0.4, -0.2) is 17.1 Å². The van der Waals surface area contributed by atoms with E-state index in [2.05, 4.69) is 0 Å². The number of halogens is 2. The number of nitriles is 1. The van der Waals surface area contributed by atoms with E-state index < -0.39 is 10.5 Å². The van der Waals surface area contributed by atoms with Crippen LogP contribution in [0.15, 0.2) is 12.1 Å². The number of nitro groups is 1. The summed E-state index contributed by atoms with van der Waals surface area (Å²) in [6, 6.07) is 4.22. The van der Waals surface area contributed by atoms with E-state index in [0.717, 1.165) is 12.1 Å². The molecule has 6 nitrogen and oxygen atoms in total. The third-order valence-corrected chi connectivity index (χ3v) is 2.88. The summed E-state index contributed by atoms with van der Waals surface area (Å²) in [5.41, 5.74) is 4.39. The highest BCUT2D eigenvalue weighted by molar-refractivity contribution is 6.37. The molecule has 0 saturated heterocycles. The maximum atomic E-state index is 10.6. The molecule has 0 radical (unpaired) electrons. The summed E-state index contributed by atoms with van der Waals surface area (Å²) < 4.78 is 5.32. The number of nitrogens with zero attached hydrogens (tertiary/aromatic N) is 2. The van der Waals surface area contributed by atoms with Gasteiger partial charge in [-0.25, -0.2) is 0 Å². The smallest absolute Gasteiger partial charge is 0.272 e. The lowest BCUT2D eigenvalue weighted by Crippen LogP contribution is -2.35. The van der Waals surface area contributed by atoms with Gasteiger partial charge < -0.3 is 10.5 Å². The summed E-state index contributed by atoms with van der Waals surface area (Å²) in [5.74, 6) is 0.141. The molecule has 8 heteroatoms. The molecule has 0 amide bonds. The molecule has 1 aromatic rings. The van der Waals surface area contributed by atoms with Crippen LogP contribution in [0, 0.1) is 21.4 Å². The van der Waals surface area contributed by atoms with Crippen LogP contribution in [-0.2, 0) is 0 Å². The Morgan fingerprint density at radius 3 is 2.47 bits per heavy atom. The topological polar surface area (TPSA) is 102 Å². The molecule has 0 spiro atoms. The van der Waals surface area contributed by atoms with E-state index in [-0.39, 0.29) is 34.5 Å². The number of hydrogen-bond acceptors (Lipinski definition) is 5. The SMILES string of the molecule is CC(N)(C#N)CCOc1c(Cl)cc([N+](=O)[O-])cc1Cl. The minimum Gasteiger partial charge on any atom is -0.490 e. The number of rotatable bonds is 5. The maximum absolute atomic E-state index is 10.6. The third kappa shape index (κ3) is 4.24. The van der Waals surface area contributed by atoms with Gasteiger partial charge >= 0.3 is 0 Å². The molecule has 19 heavy (non-hydrogen) atoms. The Bertz CT molecular complexity index is 517. The van der Waals surface area contributed by atoms with Crippen molar-refractivity contribution in [3.05, 3.63) is 32.3 Å². The van der Waals surface area contributed by atoms with E-state index >= 15 is 0 Å². The van der Waals surface area contributed by atoms with E-state index in [9.17, 15) is 10.1 Å². The molecule has 0 bridgehead atoms. The van der Waals surface area contributed by atoms with E-state index in [1.165, 1.54) is 0 Å². The van der Waals surface area contributed by atoms with Gasteiger partial charge in [0.25, 0.3) is 5.69 Å². The van der Waals surface area contributed by atoms with Crippen LogP contribution in [0.5, 0.6) is 5.75 Å². The van der Waals surface area contributed by atoms with Crippen LogP contribution >= 0.6 is 23.2 Å². The number of ether oxygens (including phenoxy) is 1. The Kier molecular flexibility index (Phi) is 4.95. The second-order valence-corrected chi connectivity index (χ2v) is 4.94. The van der Waals surface area contributed by atoms with E-state index in [1.54, 1.807) is 6.92 Å². The third-order valence-electron chi connectivity index (χ3n) is 2.32. The molecular weight excluding hydrogens is 293 g/mol. The monoisotopic (exact) mass is 303 g/mol. The van der Waals surface area contributed by atoms with Crippen LogP contribution in [0.1, 0.15) is 13.3 Å². The summed E-state index contributed by atoms with van der Waals surface area (Å²) in [7, 11) is 0. The molecule has 1 unspecified atom stereocenters. The van der Waals surface area contributed by atoms with Crippen LogP contribution < -0.4 is 10.5 Å². The zero-order valence-electron chi connectivity index (χ0n) is 10.0. The van der Waals surface area contributed by atoms with Crippen LogP contribution in [0.4, 0.5) is 5.69 Å². The van der Waals surface area contributed by atoms with Crippen molar-refractivity contribution in [2.75, 3.05) is 6.61 Å². The molecule has 1 rings (SSSR count). The minimum atomic E-state index is -1.01. The van der Waals surface area contributed by atoms with Gasteiger partial charge in [0, 0.05) is 18.6 Å². The van der Waals surface area contributed by atoms with Gasteiger partial charge in [-0.15, -0.1) is 0 Å². The summed E-state index contributed by atoms with van der Waals surface area (Å²) >= 11 is 11.7. The highest BCUT2D eigenvalue weighted by atomic mass is 35.5. The predicted molar refractivity (Wildman–Crippen MR) is 71.4 cm³/mol. The fourth-order valence-electron chi connectivity index (χ4n) is 1.21. The fraction of sp³-hybridized carbons (Fsp3) is 0.364. The summed E-state index contributed by atoms with van der Waals surface area (Å²) in [4.78, 5) is 9.99. The van der Waals surface area contributed by atoms with Gasteiger partial charge in [0.1, 0.15) is 5.54 Å². The first kappa shape index (κ1) is 15.5. The Balaban J connectivity index is 2.81. The molecule has 1 aromatic carbocycles. The molecule has 1 atom stereocenters. The summed E-state index contributed by atoms with van der Waals surface area (Å²) in [6.07, 6.45) is 0.271. The predicted octanol–water partition coefficient (Wildman–Crippen LogP) is 2.91. The molecule has 0 aliphatic heterocycles. The van der Waals surface area contributed by atoms with E-state index in [4.69, 9.17) is 38.9 Å². The second kappa shape index (κ2) is 6.06. The van der Waals surface area contributed by atoms with Crippen molar-refractivity contribution >= 4 is 28.9 Å². The van der Waals surface area contributed by atoms with Gasteiger partial charge in [0.15, 0.2) is 5.75 Å². The maximum Gasteiger partial charge on any atom is 0.272 e. The van der Waals surface area contributed by atoms with Crippen molar-refractivity contribution in [1.82, 2.24) is 0 Å². The van der Waals surface area contributed by atoms with Gasteiger partial charge in [-0.05, 0) is 6.92 Å². The first-order valence-electron chi connectivity index (χ1n) is 5.23. The zero-order valence-corrected chi connectivity index (χ0v) is 11.5. The van der Waals surface area contributed by atoms with Crippen LogP contribution in [0.25, 0.3) is 0 Å². The Hall–Kier alpha value is -1.55. The number of hydrogen-bond donors (Lipinski definition) is 1. The Morgan fingerprint density at radius 2 is 2.05 bits per heavy atom. The number of nitro benzene ring substituents is 1. The van der Waals surface area contributed by atoms with Crippen LogP contribution in [0.3, 0.4) is 0 Å². The average Bonchev–Trinajstić information content (AvgIpc) is 2.32. The van der Waals surface area contributed by atoms with Gasteiger partial charge in [-0.1, -0.05) is 23.2 Å². The van der Waals surface area contributed by atoms with Crippen molar-refractivity contribution < 1.29 is 9.66 Å². The molecule has 0 saturated carbocycles. The van der Waals surface area contributed by atoms with Crippen molar-refractivity contribution in [1.29, 1.82) is 5.26 Å². The van der Waals surface area contributed by atoms with Crippen LogP contribution in [0.2, 0.25) is 10.0 Å². The highest BCUT2D eigenvalue weighted by Crippen LogP contribution is 2.36. The normalized spacial score (nSPS) is 13.4. The summed E-state index contributed by atoms with van der Waals surface area (Å²) in [6.45, 7) is 1.69.